The number of amides is 1. The third kappa shape index (κ3) is 3.76. The number of carbonyl (C=O) groups is 2. The first-order valence-electron chi connectivity index (χ1n) is 7.82. The van der Waals surface area contributed by atoms with E-state index in [4.69, 9.17) is 8.92 Å². The minimum atomic E-state index is -3.58. The van der Waals surface area contributed by atoms with Gasteiger partial charge in [-0.15, -0.1) is 0 Å². The Morgan fingerprint density at radius 1 is 1.25 bits per heavy atom. The summed E-state index contributed by atoms with van der Waals surface area (Å²) >= 11 is 0. The largest absolute Gasteiger partial charge is 0.441 e. The molecular formula is C16H19NO6S. The number of Topliss-reactive ketones (excluding diaryl/α,β-unsaturated/α-hetero) is 1. The number of fused-ring (bicyclic) bond motifs is 1. The molecule has 1 saturated heterocycles. The van der Waals surface area contributed by atoms with E-state index < -0.39 is 22.3 Å². The van der Waals surface area contributed by atoms with Crippen molar-refractivity contribution in [3.8, 4) is 0 Å². The molecule has 1 heterocycles. The minimum absolute atomic E-state index is 0.137. The Kier molecular flexibility index (Phi) is 4.60. The van der Waals surface area contributed by atoms with Crippen molar-refractivity contribution in [1.82, 2.24) is 0 Å². The lowest BCUT2D eigenvalue weighted by Gasteiger charge is -2.15. The Balaban J connectivity index is 1.76. The van der Waals surface area contributed by atoms with Gasteiger partial charge in [-0.25, -0.2) is 4.79 Å². The molecule has 3 rings (SSSR count). The summed E-state index contributed by atoms with van der Waals surface area (Å²) in [6.45, 7) is 0.00554. The van der Waals surface area contributed by atoms with Crippen LogP contribution in [0.5, 0.6) is 0 Å². The second-order valence-electron chi connectivity index (χ2n) is 6.08. The van der Waals surface area contributed by atoms with E-state index in [0.29, 0.717) is 12.1 Å². The van der Waals surface area contributed by atoms with Crippen LogP contribution in [-0.2, 0) is 25.5 Å². The van der Waals surface area contributed by atoms with Crippen LogP contribution in [0.4, 0.5) is 10.5 Å². The Labute approximate surface area is 140 Å². The fraction of sp³-hybridized carbons (Fsp3) is 0.500. The van der Waals surface area contributed by atoms with Crippen molar-refractivity contribution in [2.45, 2.75) is 31.8 Å². The van der Waals surface area contributed by atoms with Crippen molar-refractivity contribution >= 4 is 27.7 Å². The molecule has 1 aliphatic heterocycles. The standard InChI is InChI=1S/C16H19NO6S/c1-24(20,21)22-10-13-9-17(16(19)23-13)12-6-7-14-11(8-12)4-2-3-5-15(14)18/h6-8,13H,2-5,9-10H2,1H3. The molecule has 1 fully saturated rings. The third-order valence-corrected chi connectivity index (χ3v) is 4.71. The number of hydrogen-bond acceptors (Lipinski definition) is 6. The number of aryl methyl sites for hydroxylation is 1. The summed E-state index contributed by atoms with van der Waals surface area (Å²) in [6, 6.07) is 5.33. The summed E-state index contributed by atoms with van der Waals surface area (Å²) in [4.78, 5) is 25.5. The van der Waals surface area contributed by atoms with E-state index in [1.54, 1.807) is 12.1 Å². The van der Waals surface area contributed by atoms with Gasteiger partial charge >= 0.3 is 6.09 Å². The van der Waals surface area contributed by atoms with Crippen molar-refractivity contribution in [3.63, 3.8) is 0 Å². The Hall–Kier alpha value is -1.93. The van der Waals surface area contributed by atoms with Gasteiger partial charge in [-0.1, -0.05) is 0 Å². The number of benzene rings is 1. The summed E-state index contributed by atoms with van der Waals surface area (Å²) in [5, 5.41) is 0. The van der Waals surface area contributed by atoms with Gasteiger partial charge < -0.3 is 4.74 Å². The molecule has 1 aromatic carbocycles. The first-order chi connectivity index (χ1) is 11.3. The van der Waals surface area contributed by atoms with Crippen LogP contribution in [0.15, 0.2) is 18.2 Å². The normalized spacial score (nSPS) is 21.4. The third-order valence-electron chi connectivity index (χ3n) is 4.14. The highest BCUT2D eigenvalue weighted by Crippen LogP contribution is 2.28. The molecule has 0 radical (unpaired) electrons. The number of carbonyl (C=O) groups excluding carboxylic acids is 2. The Morgan fingerprint density at radius 2 is 2.00 bits per heavy atom. The van der Waals surface area contributed by atoms with Crippen molar-refractivity contribution < 1.29 is 26.9 Å². The Morgan fingerprint density at radius 3 is 2.75 bits per heavy atom. The molecule has 24 heavy (non-hydrogen) atoms. The molecule has 0 N–H and O–H groups in total. The minimum Gasteiger partial charge on any atom is -0.441 e. The molecule has 0 bridgehead atoms. The average molecular weight is 353 g/mol. The lowest BCUT2D eigenvalue weighted by Crippen LogP contribution is -2.26. The molecule has 130 valence electrons. The fourth-order valence-electron chi connectivity index (χ4n) is 2.98. The lowest BCUT2D eigenvalue weighted by atomic mass is 10.0. The molecule has 0 saturated carbocycles. The van der Waals surface area contributed by atoms with Gasteiger partial charge in [0.1, 0.15) is 12.7 Å². The van der Waals surface area contributed by atoms with Crippen LogP contribution < -0.4 is 4.90 Å². The van der Waals surface area contributed by atoms with E-state index >= 15 is 0 Å². The smallest absolute Gasteiger partial charge is 0.414 e. The molecule has 1 atom stereocenters. The van der Waals surface area contributed by atoms with E-state index in [1.807, 2.05) is 6.07 Å². The first-order valence-corrected chi connectivity index (χ1v) is 9.64. The van der Waals surface area contributed by atoms with Gasteiger partial charge in [0.05, 0.1) is 12.8 Å². The second-order valence-corrected chi connectivity index (χ2v) is 7.72. The van der Waals surface area contributed by atoms with Crippen LogP contribution in [-0.4, -0.2) is 45.8 Å². The van der Waals surface area contributed by atoms with E-state index in [2.05, 4.69) is 0 Å². The number of ether oxygens (including phenoxy) is 1. The maximum absolute atomic E-state index is 12.1. The van der Waals surface area contributed by atoms with Crippen LogP contribution >= 0.6 is 0 Å². The maximum atomic E-state index is 12.1. The molecule has 2 aliphatic rings. The van der Waals surface area contributed by atoms with Crippen molar-refractivity contribution in [2.24, 2.45) is 0 Å². The van der Waals surface area contributed by atoms with E-state index in [9.17, 15) is 18.0 Å². The average Bonchev–Trinajstić information content (AvgIpc) is 2.79. The van der Waals surface area contributed by atoms with Gasteiger partial charge in [0.15, 0.2) is 5.78 Å². The van der Waals surface area contributed by atoms with Gasteiger partial charge in [0, 0.05) is 17.7 Å². The van der Waals surface area contributed by atoms with Crippen molar-refractivity contribution in [1.29, 1.82) is 0 Å². The molecule has 7 nitrogen and oxygen atoms in total. The van der Waals surface area contributed by atoms with Gasteiger partial charge in [0.25, 0.3) is 10.1 Å². The van der Waals surface area contributed by atoms with E-state index in [1.165, 1.54) is 4.90 Å². The van der Waals surface area contributed by atoms with Crippen LogP contribution in [0.3, 0.4) is 0 Å². The second kappa shape index (κ2) is 6.52. The molecule has 1 aromatic rings. The summed E-state index contributed by atoms with van der Waals surface area (Å²) < 4.78 is 31.9. The first kappa shape index (κ1) is 16.9. The summed E-state index contributed by atoms with van der Waals surface area (Å²) in [7, 11) is -3.58. The number of anilines is 1. The SMILES string of the molecule is CS(=O)(=O)OCC1CN(c2ccc3c(c2)CCCCC3=O)C(=O)O1. The van der Waals surface area contributed by atoms with Crippen LogP contribution in [0, 0.1) is 0 Å². The molecule has 1 aliphatic carbocycles. The lowest BCUT2D eigenvalue weighted by molar-refractivity contribution is 0.0982. The molecule has 1 amide bonds. The van der Waals surface area contributed by atoms with Crippen molar-refractivity contribution in [2.75, 3.05) is 24.3 Å². The zero-order valence-corrected chi connectivity index (χ0v) is 14.2. The summed E-state index contributed by atoms with van der Waals surface area (Å²) in [5.41, 5.74) is 2.31. The number of cyclic esters (lactones) is 1. The zero-order valence-electron chi connectivity index (χ0n) is 13.4. The quantitative estimate of drug-likeness (QED) is 0.607. The van der Waals surface area contributed by atoms with Crippen LogP contribution in [0.1, 0.15) is 35.2 Å². The molecular weight excluding hydrogens is 334 g/mol. The van der Waals surface area contributed by atoms with Gasteiger partial charge in [-0.05, 0) is 43.0 Å². The zero-order chi connectivity index (χ0) is 17.3. The molecule has 0 spiro atoms. The summed E-state index contributed by atoms with van der Waals surface area (Å²) in [6.07, 6.45) is 2.94. The predicted molar refractivity (Wildman–Crippen MR) is 86.7 cm³/mol. The predicted octanol–water partition coefficient (Wildman–Crippen LogP) is 1.90. The van der Waals surface area contributed by atoms with Crippen LogP contribution in [0.25, 0.3) is 0 Å². The van der Waals surface area contributed by atoms with Crippen LogP contribution in [0.2, 0.25) is 0 Å². The van der Waals surface area contributed by atoms with Crippen molar-refractivity contribution in [3.05, 3.63) is 29.3 Å². The topological polar surface area (TPSA) is 90.0 Å². The van der Waals surface area contributed by atoms with E-state index in [-0.39, 0.29) is 18.9 Å². The number of hydrogen-bond donors (Lipinski definition) is 0. The number of ketones is 1. The molecule has 0 aromatic heterocycles. The van der Waals surface area contributed by atoms with E-state index in [0.717, 1.165) is 36.6 Å². The molecule has 8 heteroatoms. The number of rotatable bonds is 4. The number of nitrogens with zero attached hydrogens (tertiary/aromatic N) is 1. The molecule has 1 unspecified atom stereocenters. The van der Waals surface area contributed by atoms with Gasteiger partial charge in [-0.2, -0.15) is 8.42 Å². The highest BCUT2D eigenvalue weighted by atomic mass is 32.2. The summed E-state index contributed by atoms with van der Waals surface area (Å²) in [5.74, 6) is 0.137. The fourth-order valence-corrected chi connectivity index (χ4v) is 3.38. The monoisotopic (exact) mass is 353 g/mol. The highest BCUT2D eigenvalue weighted by molar-refractivity contribution is 7.85. The maximum Gasteiger partial charge on any atom is 0.414 e. The highest BCUT2D eigenvalue weighted by Gasteiger charge is 2.33. The Bertz CT molecular complexity index is 773. The van der Waals surface area contributed by atoms with Gasteiger partial charge in [0.2, 0.25) is 0 Å². The van der Waals surface area contributed by atoms with Gasteiger partial charge in [-0.3, -0.25) is 13.9 Å².